The highest BCUT2D eigenvalue weighted by molar-refractivity contribution is 5.41. The van der Waals surface area contributed by atoms with E-state index in [0.717, 1.165) is 6.42 Å². The van der Waals surface area contributed by atoms with Gasteiger partial charge in [0.05, 0.1) is 11.9 Å². The van der Waals surface area contributed by atoms with Crippen molar-refractivity contribution in [2.45, 2.75) is 33.2 Å². The van der Waals surface area contributed by atoms with Gasteiger partial charge in [0.1, 0.15) is 5.69 Å². The highest BCUT2D eigenvalue weighted by Crippen LogP contribution is 2.24. The van der Waals surface area contributed by atoms with Gasteiger partial charge in [0.2, 0.25) is 0 Å². The van der Waals surface area contributed by atoms with Crippen LogP contribution in [0.1, 0.15) is 32.4 Å². The molecule has 5 heteroatoms. The van der Waals surface area contributed by atoms with E-state index >= 15 is 0 Å². The van der Waals surface area contributed by atoms with Crippen molar-refractivity contribution in [2.24, 2.45) is 5.92 Å². The third-order valence-corrected chi connectivity index (χ3v) is 2.04. The number of aromatic nitrogens is 2. The molecule has 0 aliphatic heterocycles. The van der Waals surface area contributed by atoms with Crippen LogP contribution in [0, 0.1) is 5.92 Å². The third kappa shape index (κ3) is 2.43. The highest BCUT2D eigenvalue weighted by Gasteiger charge is 2.17. The molecule has 0 radical (unpaired) electrons. The number of nitrogens with two attached hydrogens (primary N) is 1. The maximum Gasteiger partial charge on any atom is 0.282 e. The van der Waals surface area contributed by atoms with Gasteiger partial charge in [-0.05, 0) is 12.3 Å². The van der Waals surface area contributed by atoms with Crippen molar-refractivity contribution in [3.8, 4) is 0 Å². The summed E-state index contributed by atoms with van der Waals surface area (Å²) in [4.78, 5) is 0. The summed E-state index contributed by atoms with van der Waals surface area (Å²) in [7, 11) is 0. The number of rotatable bonds is 4. The number of hydrogen-bond donors (Lipinski definition) is 1. The molecule has 0 saturated carbocycles. The molecule has 0 aromatic carbocycles. The minimum atomic E-state index is -2.55. The smallest absolute Gasteiger partial charge is 0.282 e. The Bertz CT molecular complexity index is 294. The Labute approximate surface area is 81.9 Å². The second-order valence-corrected chi connectivity index (χ2v) is 3.69. The summed E-state index contributed by atoms with van der Waals surface area (Å²) in [6.07, 6.45) is -0.451. The zero-order chi connectivity index (χ0) is 10.7. The lowest BCUT2D eigenvalue weighted by atomic mass is 10.1. The number of aryl methyl sites for hydroxylation is 1. The van der Waals surface area contributed by atoms with Crippen molar-refractivity contribution in [1.82, 2.24) is 9.78 Å². The van der Waals surface area contributed by atoms with Gasteiger partial charge in [0, 0.05) is 6.54 Å². The normalized spacial score (nSPS) is 11.6. The highest BCUT2D eigenvalue weighted by atomic mass is 19.3. The molecule has 80 valence electrons. The molecule has 0 spiro atoms. The van der Waals surface area contributed by atoms with Crippen LogP contribution in [0.4, 0.5) is 14.5 Å². The quantitative estimate of drug-likeness (QED) is 0.816. The lowest BCUT2D eigenvalue weighted by Gasteiger charge is -2.08. The van der Waals surface area contributed by atoms with Gasteiger partial charge in [-0.3, -0.25) is 4.68 Å². The SMILES string of the molecule is CC(C)CCn1ncc(N)c1C(F)F. The van der Waals surface area contributed by atoms with Crippen LogP contribution in [-0.4, -0.2) is 9.78 Å². The van der Waals surface area contributed by atoms with Gasteiger partial charge in [-0.1, -0.05) is 13.8 Å². The van der Waals surface area contributed by atoms with Crippen LogP contribution in [0.25, 0.3) is 0 Å². The first-order valence-corrected chi connectivity index (χ1v) is 4.61. The average molecular weight is 203 g/mol. The molecule has 0 fully saturated rings. The van der Waals surface area contributed by atoms with Crippen molar-refractivity contribution >= 4 is 5.69 Å². The van der Waals surface area contributed by atoms with E-state index in [4.69, 9.17) is 5.73 Å². The third-order valence-electron chi connectivity index (χ3n) is 2.04. The van der Waals surface area contributed by atoms with Crippen LogP contribution in [0.3, 0.4) is 0 Å². The van der Waals surface area contributed by atoms with Gasteiger partial charge in [0.15, 0.2) is 0 Å². The molecular weight excluding hydrogens is 188 g/mol. The van der Waals surface area contributed by atoms with Crippen molar-refractivity contribution in [2.75, 3.05) is 5.73 Å². The molecule has 0 aliphatic carbocycles. The van der Waals surface area contributed by atoms with E-state index in [-0.39, 0.29) is 11.4 Å². The molecule has 0 atom stereocenters. The molecule has 1 aromatic rings. The fourth-order valence-electron chi connectivity index (χ4n) is 1.21. The van der Waals surface area contributed by atoms with Crippen LogP contribution in [0.2, 0.25) is 0 Å². The molecule has 1 rings (SSSR count). The fourth-order valence-corrected chi connectivity index (χ4v) is 1.21. The number of nitrogens with zero attached hydrogens (tertiary/aromatic N) is 2. The molecule has 3 nitrogen and oxygen atoms in total. The Morgan fingerprint density at radius 2 is 2.14 bits per heavy atom. The van der Waals surface area contributed by atoms with Gasteiger partial charge < -0.3 is 5.73 Å². The van der Waals surface area contributed by atoms with Crippen molar-refractivity contribution < 1.29 is 8.78 Å². The summed E-state index contributed by atoms with van der Waals surface area (Å²) in [6.45, 7) is 4.57. The standard InChI is InChI=1S/C9H15F2N3/c1-6(2)3-4-14-8(9(10)11)7(12)5-13-14/h5-6,9H,3-4,12H2,1-2H3. The minimum Gasteiger partial charge on any atom is -0.396 e. The Kier molecular flexibility index (Phi) is 3.43. The molecular formula is C9H15F2N3. The Morgan fingerprint density at radius 3 is 2.64 bits per heavy atom. The monoisotopic (exact) mass is 203 g/mol. The first-order chi connectivity index (χ1) is 6.52. The maximum atomic E-state index is 12.5. The van der Waals surface area contributed by atoms with Gasteiger partial charge in [-0.2, -0.15) is 5.10 Å². The average Bonchev–Trinajstić information content (AvgIpc) is 2.43. The Balaban J connectivity index is 2.76. The number of alkyl halides is 2. The fraction of sp³-hybridized carbons (Fsp3) is 0.667. The number of halogens is 2. The van der Waals surface area contributed by atoms with Crippen LogP contribution in [0.15, 0.2) is 6.20 Å². The van der Waals surface area contributed by atoms with Crippen molar-refractivity contribution in [3.63, 3.8) is 0 Å². The van der Waals surface area contributed by atoms with Crippen LogP contribution >= 0.6 is 0 Å². The summed E-state index contributed by atoms with van der Waals surface area (Å²) in [5.74, 6) is 0.464. The van der Waals surface area contributed by atoms with E-state index in [1.54, 1.807) is 0 Å². The topological polar surface area (TPSA) is 43.8 Å². The zero-order valence-corrected chi connectivity index (χ0v) is 8.37. The molecule has 0 aliphatic rings. The lowest BCUT2D eigenvalue weighted by Crippen LogP contribution is -2.08. The summed E-state index contributed by atoms with van der Waals surface area (Å²) >= 11 is 0. The first-order valence-electron chi connectivity index (χ1n) is 4.61. The number of anilines is 1. The van der Waals surface area contributed by atoms with Crippen molar-refractivity contribution in [1.29, 1.82) is 0 Å². The molecule has 1 heterocycles. The van der Waals surface area contributed by atoms with Gasteiger partial charge in [-0.25, -0.2) is 8.78 Å². The van der Waals surface area contributed by atoms with Crippen LogP contribution in [-0.2, 0) is 6.54 Å². The molecule has 2 N–H and O–H groups in total. The Hall–Kier alpha value is -1.13. The minimum absolute atomic E-state index is 0.0729. The molecule has 14 heavy (non-hydrogen) atoms. The molecule has 0 bridgehead atoms. The van der Waals surface area contributed by atoms with Gasteiger partial charge >= 0.3 is 0 Å². The van der Waals surface area contributed by atoms with E-state index < -0.39 is 6.43 Å². The van der Waals surface area contributed by atoms with Crippen molar-refractivity contribution in [3.05, 3.63) is 11.9 Å². The van der Waals surface area contributed by atoms with E-state index in [9.17, 15) is 8.78 Å². The second-order valence-electron chi connectivity index (χ2n) is 3.69. The molecule has 0 unspecified atom stereocenters. The number of hydrogen-bond acceptors (Lipinski definition) is 2. The van der Waals surface area contributed by atoms with Gasteiger partial charge in [-0.15, -0.1) is 0 Å². The van der Waals surface area contributed by atoms with E-state index in [2.05, 4.69) is 5.10 Å². The lowest BCUT2D eigenvalue weighted by molar-refractivity contribution is 0.139. The molecule has 0 amide bonds. The summed E-state index contributed by atoms with van der Waals surface area (Å²) in [6, 6.07) is 0. The largest absolute Gasteiger partial charge is 0.396 e. The molecule has 1 aromatic heterocycles. The van der Waals surface area contributed by atoms with Gasteiger partial charge in [0.25, 0.3) is 6.43 Å². The predicted octanol–water partition coefficient (Wildman–Crippen LogP) is 2.45. The zero-order valence-electron chi connectivity index (χ0n) is 8.37. The summed E-state index contributed by atoms with van der Waals surface area (Å²) in [5, 5.41) is 3.82. The second kappa shape index (κ2) is 4.39. The maximum absolute atomic E-state index is 12.5. The molecule has 0 saturated heterocycles. The predicted molar refractivity (Wildman–Crippen MR) is 51.1 cm³/mol. The first kappa shape index (κ1) is 10.9. The van der Waals surface area contributed by atoms with Crippen LogP contribution < -0.4 is 5.73 Å². The Morgan fingerprint density at radius 1 is 1.50 bits per heavy atom. The van der Waals surface area contributed by atoms with E-state index in [1.807, 2.05) is 13.8 Å². The van der Waals surface area contributed by atoms with E-state index in [1.165, 1.54) is 10.9 Å². The van der Waals surface area contributed by atoms with Crippen LogP contribution in [0.5, 0.6) is 0 Å². The summed E-state index contributed by atoms with van der Waals surface area (Å²) in [5.41, 5.74) is 5.30. The summed E-state index contributed by atoms with van der Waals surface area (Å²) < 4.78 is 26.3. The van der Waals surface area contributed by atoms with E-state index in [0.29, 0.717) is 12.5 Å². The number of nitrogen functional groups attached to an aromatic ring is 1.